The van der Waals surface area contributed by atoms with Gasteiger partial charge in [0, 0.05) is 25.2 Å². The number of fused-ring (bicyclic) bond motifs is 1. The van der Waals surface area contributed by atoms with Crippen LogP contribution < -0.4 is 0 Å². The molecule has 0 aromatic heterocycles. The molecule has 1 aliphatic rings. The van der Waals surface area contributed by atoms with Crippen molar-refractivity contribution in [1.29, 1.82) is 0 Å². The highest BCUT2D eigenvalue weighted by molar-refractivity contribution is 5.81. The third-order valence-corrected chi connectivity index (χ3v) is 2.84. The molecule has 0 unspecified atom stereocenters. The molecule has 5 nitrogen and oxygen atoms in total. The van der Waals surface area contributed by atoms with Crippen molar-refractivity contribution in [2.75, 3.05) is 6.54 Å². The summed E-state index contributed by atoms with van der Waals surface area (Å²) in [6.07, 6.45) is 0.348. The van der Waals surface area contributed by atoms with Gasteiger partial charge in [0.05, 0.1) is 11.3 Å². The number of benzene rings is 1. The number of likely N-dealkylation sites (N-methyl/N-ethyl adjacent to an activating group) is 1. The Morgan fingerprint density at radius 3 is 2.81 bits per heavy atom. The first kappa shape index (κ1) is 10.6. The molecular weight excluding hydrogens is 208 g/mol. The number of non-ortho nitro benzene ring substituents is 1. The van der Waals surface area contributed by atoms with E-state index in [0.717, 1.165) is 11.1 Å². The molecule has 1 aliphatic heterocycles. The molecule has 0 spiro atoms. The smallest absolute Gasteiger partial charge is 0.269 e. The Bertz CT molecular complexity index is 457. The Morgan fingerprint density at radius 1 is 1.44 bits per heavy atom. The molecule has 16 heavy (non-hydrogen) atoms. The van der Waals surface area contributed by atoms with Crippen LogP contribution in [-0.4, -0.2) is 22.3 Å². The molecule has 1 heterocycles. The first-order valence-electron chi connectivity index (χ1n) is 5.15. The van der Waals surface area contributed by atoms with Crippen LogP contribution in [0.25, 0.3) is 0 Å². The van der Waals surface area contributed by atoms with E-state index in [9.17, 15) is 14.9 Å². The summed E-state index contributed by atoms with van der Waals surface area (Å²) in [4.78, 5) is 23.5. The molecule has 0 N–H and O–H groups in total. The maximum absolute atomic E-state index is 11.6. The summed E-state index contributed by atoms with van der Waals surface area (Å²) in [7, 11) is 0. The van der Waals surface area contributed by atoms with Crippen molar-refractivity contribution in [1.82, 2.24) is 4.90 Å². The number of nitro benzene ring substituents is 1. The Morgan fingerprint density at radius 2 is 2.19 bits per heavy atom. The van der Waals surface area contributed by atoms with Gasteiger partial charge in [-0.05, 0) is 18.1 Å². The summed E-state index contributed by atoms with van der Waals surface area (Å²) < 4.78 is 0. The molecule has 0 bridgehead atoms. The standard InChI is InChI=1S/C11H12N2O3/c1-2-12-7-9-5-10(13(15)16)4-3-8(9)6-11(12)14/h3-5H,2,6-7H2,1H3. The third-order valence-electron chi connectivity index (χ3n) is 2.84. The van der Waals surface area contributed by atoms with Crippen molar-refractivity contribution in [2.24, 2.45) is 0 Å². The highest BCUT2D eigenvalue weighted by Gasteiger charge is 2.23. The van der Waals surface area contributed by atoms with Crippen LogP contribution in [0.4, 0.5) is 5.69 Å². The lowest BCUT2D eigenvalue weighted by Crippen LogP contribution is -2.35. The minimum Gasteiger partial charge on any atom is -0.338 e. The largest absolute Gasteiger partial charge is 0.338 e. The van der Waals surface area contributed by atoms with Gasteiger partial charge in [-0.15, -0.1) is 0 Å². The van der Waals surface area contributed by atoms with Crippen LogP contribution in [-0.2, 0) is 17.8 Å². The summed E-state index contributed by atoms with van der Waals surface area (Å²) in [5, 5.41) is 10.6. The average molecular weight is 220 g/mol. The van der Waals surface area contributed by atoms with Gasteiger partial charge in [0.25, 0.3) is 5.69 Å². The van der Waals surface area contributed by atoms with Crippen molar-refractivity contribution < 1.29 is 9.72 Å². The molecule has 0 saturated heterocycles. The average Bonchev–Trinajstić information content (AvgIpc) is 2.27. The van der Waals surface area contributed by atoms with E-state index in [1.165, 1.54) is 6.07 Å². The first-order chi connectivity index (χ1) is 7.61. The minimum atomic E-state index is -0.410. The summed E-state index contributed by atoms with van der Waals surface area (Å²) in [5.41, 5.74) is 1.88. The normalized spacial score (nSPS) is 14.8. The van der Waals surface area contributed by atoms with Crippen molar-refractivity contribution in [2.45, 2.75) is 19.9 Å². The molecule has 0 fully saturated rings. The second-order valence-corrected chi connectivity index (χ2v) is 3.79. The maximum atomic E-state index is 11.6. The zero-order valence-electron chi connectivity index (χ0n) is 8.97. The molecule has 0 atom stereocenters. The van der Waals surface area contributed by atoms with E-state index >= 15 is 0 Å². The predicted octanol–water partition coefficient (Wildman–Crippen LogP) is 1.50. The van der Waals surface area contributed by atoms with Crippen LogP contribution in [0.5, 0.6) is 0 Å². The highest BCUT2D eigenvalue weighted by atomic mass is 16.6. The van der Waals surface area contributed by atoms with Crippen molar-refractivity contribution in [3.8, 4) is 0 Å². The van der Waals surface area contributed by atoms with Crippen molar-refractivity contribution in [3.63, 3.8) is 0 Å². The topological polar surface area (TPSA) is 63.4 Å². The minimum absolute atomic E-state index is 0.0869. The number of amides is 1. The van der Waals surface area contributed by atoms with Crippen LogP contribution in [0, 0.1) is 10.1 Å². The Kier molecular flexibility index (Phi) is 2.60. The van der Waals surface area contributed by atoms with Gasteiger partial charge in [0.2, 0.25) is 5.91 Å². The number of carbonyl (C=O) groups is 1. The monoisotopic (exact) mass is 220 g/mol. The number of nitrogens with zero attached hydrogens (tertiary/aromatic N) is 2. The zero-order chi connectivity index (χ0) is 11.7. The molecule has 2 rings (SSSR count). The number of nitro groups is 1. The molecule has 0 radical (unpaired) electrons. The number of hydrogen-bond donors (Lipinski definition) is 0. The van der Waals surface area contributed by atoms with Gasteiger partial charge in [0.1, 0.15) is 0 Å². The molecular formula is C11H12N2O3. The molecule has 5 heteroatoms. The number of carbonyl (C=O) groups excluding carboxylic acids is 1. The van der Waals surface area contributed by atoms with Gasteiger partial charge < -0.3 is 4.90 Å². The van der Waals surface area contributed by atoms with Gasteiger partial charge in [-0.1, -0.05) is 6.07 Å². The second-order valence-electron chi connectivity index (χ2n) is 3.79. The fourth-order valence-electron chi connectivity index (χ4n) is 1.90. The van der Waals surface area contributed by atoms with E-state index in [1.807, 2.05) is 6.92 Å². The second kappa shape index (κ2) is 3.92. The summed E-state index contributed by atoms with van der Waals surface area (Å²) in [5.74, 6) is 0.0869. The van der Waals surface area contributed by atoms with Crippen LogP contribution in [0.2, 0.25) is 0 Å². The number of hydrogen-bond acceptors (Lipinski definition) is 3. The van der Waals surface area contributed by atoms with Crippen LogP contribution in [0.3, 0.4) is 0 Å². The van der Waals surface area contributed by atoms with Crippen LogP contribution in [0.1, 0.15) is 18.1 Å². The van der Waals surface area contributed by atoms with E-state index in [-0.39, 0.29) is 11.6 Å². The van der Waals surface area contributed by atoms with Gasteiger partial charge in [0.15, 0.2) is 0 Å². The summed E-state index contributed by atoms with van der Waals surface area (Å²) >= 11 is 0. The van der Waals surface area contributed by atoms with E-state index in [0.29, 0.717) is 19.5 Å². The molecule has 1 aromatic rings. The fraction of sp³-hybridized carbons (Fsp3) is 0.364. The quantitative estimate of drug-likeness (QED) is 0.560. The summed E-state index contributed by atoms with van der Waals surface area (Å²) in [6, 6.07) is 4.69. The lowest BCUT2D eigenvalue weighted by molar-refractivity contribution is -0.385. The Balaban J connectivity index is 2.37. The molecule has 1 amide bonds. The molecule has 0 aliphatic carbocycles. The first-order valence-corrected chi connectivity index (χ1v) is 5.15. The molecule has 84 valence electrons. The van der Waals surface area contributed by atoms with Gasteiger partial charge in [-0.2, -0.15) is 0 Å². The maximum Gasteiger partial charge on any atom is 0.269 e. The van der Waals surface area contributed by atoms with Crippen LogP contribution in [0.15, 0.2) is 18.2 Å². The third kappa shape index (κ3) is 1.76. The Hall–Kier alpha value is -1.91. The van der Waals surface area contributed by atoms with E-state index in [4.69, 9.17) is 0 Å². The zero-order valence-corrected chi connectivity index (χ0v) is 8.97. The van der Waals surface area contributed by atoms with Gasteiger partial charge >= 0.3 is 0 Å². The SMILES string of the molecule is CCN1Cc2cc([N+](=O)[O-])ccc2CC1=O. The van der Waals surface area contributed by atoms with E-state index in [2.05, 4.69) is 0 Å². The lowest BCUT2D eigenvalue weighted by Gasteiger charge is -2.27. The molecule has 0 saturated carbocycles. The fourth-order valence-corrected chi connectivity index (χ4v) is 1.90. The van der Waals surface area contributed by atoms with Crippen molar-refractivity contribution in [3.05, 3.63) is 39.4 Å². The lowest BCUT2D eigenvalue weighted by atomic mass is 9.98. The van der Waals surface area contributed by atoms with Gasteiger partial charge in [-0.25, -0.2) is 0 Å². The molecule has 1 aromatic carbocycles. The van der Waals surface area contributed by atoms with E-state index < -0.39 is 4.92 Å². The summed E-state index contributed by atoms with van der Waals surface area (Å²) in [6.45, 7) is 3.02. The van der Waals surface area contributed by atoms with E-state index in [1.54, 1.807) is 17.0 Å². The predicted molar refractivity (Wildman–Crippen MR) is 57.9 cm³/mol. The van der Waals surface area contributed by atoms with Crippen LogP contribution >= 0.6 is 0 Å². The van der Waals surface area contributed by atoms with Gasteiger partial charge in [-0.3, -0.25) is 14.9 Å². The highest BCUT2D eigenvalue weighted by Crippen LogP contribution is 2.24. The Labute approximate surface area is 92.8 Å². The van der Waals surface area contributed by atoms with Crippen molar-refractivity contribution >= 4 is 11.6 Å². The number of rotatable bonds is 2.